The lowest BCUT2D eigenvalue weighted by Crippen LogP contribution is -2.38. The van der Waals surface area contributed by atoms with E-state index in [4.69, 9.17) is 0 Å². The lowest BCUT2D eigenvalue weighted by molar-refractivity contribution is 0.158. The van der Waals surface area contributed by atoms with Gasteiger partial charge in [-0.1, -0.05) is 12.5 Å². The third kappa shape index (κ3) is 3.53. The predicted octanol–water partition coefficient (Wildman–Crippen LogP) is 2.77. The Kier molecular flexibility index (Phi) is 4.03. The highest BCUT2D eigenvalue weighted by Crippen LogP contribution is 2.35. The second kappa shape index (κ2) is 5.37. The van der Waals surface area contributed by atoms with Gasteiger partial charge in [0.25, 0.3) is 0 Å². The van der Waals surface area contributed by atoms with Crippen molar-refractivity contribution in [3.63, 3.8) is 0 Å². The van der Waals surface area contributed by atoms with Crippen molar-refractivity contribution in [2.75, 3.05) is 6.54 Å². The predicted molar refractivity (Wildman–Crippen MR) is 73.5 cm³/mol. The molecule has 0 radical (unpaired) electrons. The molecule has 1 fully saturated rings. The molecule has 0 saturated heterocycles. The molecule has 100 valence electrons. The lowest BCUT2D eigenvalue weighted by atomic mass is 9.82. The van der Waals surface area contributed by atoms with E-state index in [2.05, 4.69) is 37.1 Å². The fraction of sp³-hybridized carbons (Fsp3) is 0.667. The van der Waals surface area contributed by atoms with Gasteiger partial charge in [0.15, 0.2) is 0 Å². The molecule has 1 aliphatic rings. The summed E-state index contributed by atoms with van der Waals surface area (Å²) in [7, 11) is 0. The SMILES string of the molecule is CC(C)(C)NCC(O)c1cccc(C2CCC2)n1. The number of pyridine rings is 1. The number of aliphatic hydroxyl groups excluding tert-OH is 1. The van der Waals surface area contributed by atoms with E-state index in [0.717, 1.165) is 11.4 Å². The molecule has 3 nitrogen and oxygen atoms in total. The summed E-state index contributed by atoms with van der Waals surface area (Å²) < 4.78 is 0. The van der Waals surface area contributed by atoms with E-state index in [1.165, 1.54) is 19.3 Å². The Bertz CT molecular complexity index is 394. The Labute approximate surface area is 110 Å². The van der Waals surface area contributed by atoms with Gasteiger partial charge in [0.05, 0.1) is 5.69 Å². The average molecular weight is 248 g/mol. The van der Waals surface area contributed by atoms with Crippen LogP contribution in [0.3, 0.4) is 0 Å². The van der Waals surface area contributed by atoms with Crippen LogP contribution in [-0.4, -0.2) is 22.2 Å². The fourth-order valence-corrected chi connectivity index (χ4v) is 2.09. The van der Waals surface area contributed by atoms with E-state index >= 15 is 0 Å². The second-order valence-electron chi connectivity index (χ2n) is 6.26. The minimum Gasteiger partial charge on any atom is -0.385 e. The molecule has 0 amide bonds. The number of rotatable bonds is 4. The van der Waals surface area contributed by atoms with Crippen LogP contribution in [0.15, 0.2) is 18.2 Å². The zero-order valence-corrected chi connectivity index (χ0v) is 11.6. The number of β-amino-alcohol motifs (C(OH)–C–C–N with tert-alkyl or cyclic N) is 1. The molecule has 1 atom stereocenters. The van der Waals surface area contributed by atoms with Crippen LogP contribution >= 0.6 is 0 Å². The molecule has 0 aliphatic heterocycles. The molecule has 2 rings (SSSR count). The van der Waals surface area contributed by atoms with E-state index in [1.807, 2.05) is 12.1 Å². The van der Waals surface area contributed by atoms with E-state index in [0.29, 0.717) is 12.5 Å². The van der Waals surface area contributed by atoms with Crippen molar-refractivity contribution in [1.82, 2.24) is 10.3 Å². The Hall–Kier alpha value is -0.930. The van der Waals surface area contributed by atoms with Crippen LogP contribution in [0.5, 0.6) is 0 Å². The van der Waals surface area contributed by atoms with Crippen molar-refractivity contribution in [1.29, 1.82) is 0 Å². The summed E-state index contributed by atoms with van der Waals surface area (Å²) in [5.41, 5.74) is 1.96. The van der Waals surface area contributed by atoms with Crippen LogP contribution < -0.4 is 5.32 Å². The van der Waals surface area contributed by atoms with E-state index < -0.39 is 6.10 Å². The average Bonchev–Trinajstić information content (AvgIpc) is 2.23. The standard InChI is InChI=1S/C15H24N2O/c1-15(2,3)16-10-14(18)13-9-5-8-12(17-13)11-6-4-7-11/h5,8-9,11,14,16,18H,4,6-7,10H2,1-3H3. The fourth-order valence-electron chi connectivity index (χ4n) is 2.09. The van der Waals surface area contributed by atoms with Crippen molar-refractivity contribution in [3.8, 4) is 0 Å². The van der Waals surface area contributed by atoms with Gasteiger partial charge < -0.3 is 10.4 Å². The number of hydrogen-bond acceptors (Lipinski definition) is 3. The summed E-state index contributed by atoms with van der Waals surface area (Å²) in [5, 5.41) is 13.5. The number of hydrogen-bond donors (Lipinski definition) is 2. The minimum absolute atomic E-state index is 0.0204. The Morgan fingerprint density at radius 3 is 2.67 bits per heavy atom. The molecule has 3 heteroatoms. The first-order valence-electron chi connectivity index (χ1n) is 6.86. The maximum absolute atomic E-state index is 10.2. The monoisotopic (exact) mass is 248 g/mol. The Balaban J connectivity index is 1.98. The van der Waals surface area contributed by atoms with Gasteiger partial charge in [-0.05, 0) is 45.7 Å². The first-order chi connectivity index (χ1) is 8.46. The van der Waals surface area contributed by atoms with E-state index in [-0.39, 0.29) is 5.54 Å². The topological polar surface area (TPSA) is 45.1 Å². The second-order valence-corrected chi connectivity index (χ2v) is 6.26. The highest BCUT2D eigenvalue weighted by Gasteiger charge is 2.22. The molecule has 0 spiro atoms. The molecule has 0 aromatic carbocycles. The number of nitrogens with one attached hydrogen (secondary N) is 1. The third-order valence-corrected chi connectivity index (χ3v) is 3.48. The first-order valence-corrected chi connectivity index (χ1v) is 6.86. The summed E-state index contributed by atoms with van der Waals surface area (Å²) in [6, 6.07) is 6.00. The summed E-state index contributed by atoms with van der Waals surface area (Å²) in [6.45, 7) is 6.83. The van der Waals surface area contributed by atoms with Gasteiger partial charge >= 0.3 is 0 Å². The summed E-state index contributed by atoms with van der Waals surface area (Å²) in [4.78, 5) is 4.61. The Morgan fingerprint density at radius 2 is 2.11 bits per heavy atom. The van der Waals surface area contributed by atoms with Gasteiger partial charge in [0.1, 0.15) is 6.10 Å². The largest absolute Gasteiger partial charge is 0.385 e. The molecule has 1 unspecified atom stereocenters. The van der Waals surface area contributed by atoms with E-state index in [9.17, 15) is 5.11 Å². The van der Waals surface area contributed by atoms with Crippen LogP contribution in [0.1, 0.15) is 63.4 Å². The van der Waals surface area contributed by atoms with Crippen molar-refractivity contribution < 1.29 is 5.11 Å². The van der Waals surface area contributed by atoms with Gasteiger partial charge in [-0.15, -0.1) is 0 Å². The van der Waals surface area contributed by atoms with Crippen molar-refractivity contribution in [3.05, 3.63) is 29.6 Å². The number of nitrogens with zero attached hydrogens (tertiary/aromatic N) is 1. The molecule has 18 heavy (non-hydrogen) atoms. The summed E-state index contributed by atoms with van der Waals surface area (Å²) >= 11 is 0. The van der Waals surface area contributed by atoms with Crippen LogP contribution in [0.4, 0.5) is 0 Å². The van der Waals surface area contributed by atoms with Gasteiger partial charge in [-0.25, -0.2) is 0 Å². The van der Waals surface area contributed by atoms with Crippen LogP contribution in [-0.2, 0) is 0 Å². The molecular formula is C15H24N2O. The lowest BCUT2D eigenvalue weighted by Gasteiger charge is -2.26. The van der Waals surface area contributed by atoms with Crippen LogP contribution in [0, 0.1) is 0 Å². The van der Waals surface area contributed by atoms with Crippen LogP contribution in [0.25, 0.3) is 0 Å². The number of aromatic nitrogens is 1. The highest BCUT2D eigenvalue weighted by molar-refractivity contribution is 5.18. The van der Waals surface area contributed by atoms with Crippen LogP contribution in [0.2, 0.25) is 0 Å². The molecule has 1 aromatic rings. The highest BCUT2D eigenvalue weighted by atomic mass is 16.3. The van der Waals surface area contributed by atoms with Crippen molar-refractivity contribution >= 4 is 0 Å². The maximum atomic E-state index is 10.2. The van der Waals surface area contributed by atoms with E-state index in [1.54, 1.807) is 0 Å². The molecule has 0 bridgehead atoms. The number of aliphatic hydroxyl groups is 1. The molecule has 1 aliphatic carbocycles. The van der Waals surface area contributed by atoms with Gasteiger partial charge in [0.2, 0.25) is 0 Å². The quantitative estimate of drug-likeness (QED) is 0.861. The molecular weight excluding hydrogens is 224 g/mol. The normalized spacial score (nSPS) is 18.4. The molecule has 2 N–H and O–H groups in total. The van der Waals surface area contributed by atoms with Crippen molar-refractivity contribution in [2.45, 2.75) is 57.6 Å². The van der Waals surface area contributed by atoms with Gasteiger partial charge in [0, 0.05) is 23.7 Å². The summed E-state index contributed by atoms with van der Waals surface area (Å²) in [6.07, 6.45) is 3.27. The van der Waals surface area contributed by atoms with Gasteiger partial charge in [-0.2, -0.15) is 0 Å². The minimum atomic E-state index is -0.524. The van der Waals surface area contributed by atoms with Crippen molar-refractivity contribution in [2.24, 2.45) is 0 Å². The van der Waals surface area contributed by atoms with Gasteiger partial charge in [-0.3, -0.25) is 4.98 Å². The molecule has 1 saturated carbocycles. The Morgan fingerprint density at radius 1 is 1.39 bits per heavy atom. The smallest absolute Gasteiger partial charge is 0.108 e. The molecule has 1 aromatic heterocycles. The summed E-state index contributed by atoms with van der Waals surface area (Å²) in [5.74, 6) is 0.618. The zero-order chi connectivity index (χ0) is 13.2. The zero-order valence-electron chi connectivity index (χ0n) is 11.6. The third-order valence-electron chi connectivity index (χ3n) is 3.48. The first kappa shape index (κ1) is 13.5. The molecule has 1 heterocycles. The maximum Gasteiger partial charge on any atom is 0.108 e.